The van der Waals surface area contributed by atoms with Gasteiger partial charge in [0.1, 0.15) is 5.82 Å². The number of thioether (sulfide) groups is 1. The van der Waals surface area contributed by atoms with Crippen LogP contribution in [0.1, 0.15) is 16.7 Å². The highest BCUT2D eigenvalue weighted by molar-refractivity contribution is 7.98. The highest BCUT2D eigenvalue weighted by atomic mass is 32.2. The minimum absolute atomic E-state index is 0.845. The number of nitrogens with zero attached hydrogens (tertiary/aromatic N) is 4. The average Bonchev–Trinajstić information content (AvgIpc) is 2.74. The molecule has 1 aromatic heterocycles. The van der Waals surface area contributed by atoms with Gasteiger partial charge in [0.25, 0.3) is 0 Å². The third-order valence-corrected chi connectivity index (χ3v) is 6.27. The van der Waals surface area contributed by atoms with Gasteiger partial charge in [0.15, 0.2) is 5.16 Å². The number of rotatable bonds is 5. The maximum atomic E-state index is 4.92. The number of benzene rings is 2. The Balaban J connectivity index is 1.61. The largest absolute Gasteiger partial charge is 0.354 e. The second-order valence-corrected chi connectivity index (χ2v) is 8.77. The Morgan fingerprint density at radius 2 is 1.45 bits per heavy atom. The van der Waals surface area contributed by atoms with Gasteiger partial charge in [-0.05, 0) is 26.5 Å². The van der Waals surface area contributed by atoms with E-state index in [1.54, 1.807) is 11.8 Å². The van der Waals surface area contributed by atoms with E-state index in [2.05, 4.69) is 85.3 Å². The number of hydrogen-bond acceptors (Lipinski definition) is 5. The van der Waals surface area contributed by atoms with E-state index in [1.807, 2.05) is 0 Å². The first-order valence-electron chi connectivity index (χ1n) is 10.1. The number of hydrogen-bond donors (Lipinski definition) is 0. The van der Waals surface area contributed by atoms with Crippen LogP contribution in [-0.4, -0.2) is 48.1 Å². The van der Waals surface area contributed by atoms with Gasteiger partial charge in [0.2, 0.25) is 0 Å². The van der Waals surface area contributed by atoms with Crippen molar-refractivity contribution in [3.8, 4) is 11.3 Å². The molecule has 0 bridgehead atoms. The average molecular weight is 405 g/mol. The molecule has 1 aliphatic rings. The molecule has 0 aliphatic carbocycles. The summed E-state index contributed by atoms with van der Waals surface area (Å²) in [6, 6.07) is 19.4. The van der Waals surface area contributed by atoms with Crippen molar-refractivity contribution in [1.82, 2.24) is 14.9 Å². The lowest BCUT2D eigenvalue weighted by Crippen LogP contribution is -2.44. The summed E-state index contributed by atoms with van der Waals surface area (Å²) in [6.45, 7) is 8.37. The second kappa shape index (κ2) is 8.97. The summed E-state index contributed by atoms with van der Waals surface area (Å²) in [5, 5.41) is 0.845. The molecule has 5 heteroatoms. The fourth-order valence-electron chi connectivity index (χ4n) is 3.38. The van der Waals surface area contributed by atoms with Crippen molar-refractivity contribution >= 4 is 17.6 Å². The molecule has 1 aliphatic heterocycles. The van der Waals surface area contributed by atoms with Crippen molar-refractivity contribution in [2.24, 2.45) is 0 Å². The Labute approximate surface area is 178 Å². The fraction of sp³-hybridized carbons (Fsp3) is 0.333. The van der Waals surface area contributed by atoms with E-state index in [4.69, 9.17) is 9.97 Å². The first-order valence-corrected chi connectivity index (χ1v) is 11.1. The molecule has 1 fully saturated rings. The molecule has 0 radical (unpaired) electrons. The van der Waals surface area contributed by atoms with E-state index < -0.39 is 0 Å². The molecule has 0 N–H and O–H groups in total. The van der Waals surface area contributed by atoms with Crippen LogP contribution in [0, 0.1) is 13.8 Å². The molecule has 0 saturated carbocycles. The molecule has 0 atom stereocenters. The van der Waals surface area contributed by atoms with E-state index in [9.17, 15) is 0 Å². The molecule has 0 spiro atoms. The molecule has 2 heterocycles. The molecular weight excluding hydrogens is 376 g/mol. The molecule has 150 valence electrons. The topological polar surface area (TPSA) is 32.3 Å². The third-order valence-electron chi connectivity index (χ3n) is 5.36. The van der Waals surface area contributed by atoms with Crippen LogP contribution in [0.3, 0.4) is 0 Å². The second-order valence-electron chi connectivity index (χ2n) is 7.82. The Morgan fingerprint density at radius 3 is 2.10 bits per heavy atom. The van der Waals surface area contributed by atoms with E-state index >= 15 is 0 Å². The number of anilines is 1. The van der Waals surface area contributed by atoms with Gasteiger partial charge in [-0.2, -0.15) is 0 Å². The number of aryl methyl sites for hydroxylation is 2. The SMILES string of the molecule is Cc1ccc(CSc2nc(-c3ccc(C)cc3)cc(N3CCN(C)CC3)n2)cc1. The molecule has 3 aromatic rings. The standard InChI is InChI=1S/C24H28N4S/c1-18-4-8-20(9-5-18)17-29-24-25-22(21-10-6-19(2)7-11-21)16-23(26-24)28-14-12-27(3)13-15-28/h4-11,16H,12-15,17H2,1-3H3. The van der Waals surface area contributed by atoms with E-state index in [0.29, 0.717) is 0 Å². The first-order chi connectivity index (χ1) is 14.1. The van der Waals surface area contributed by atoms with Crippen molar-refractivity contribution in [3.05, 3.63) is 71.3 Å². The van der Waals surface area contributed by atoms with Gasteiger partial charge < -0.3 is 9.80 Å². The van der Waals surface area contributed by atoms with Crippen LogP contribution < -0.4 is 4.90 Å². The van der Waals surface area contributed by atoms with Crippen LogP contribution >= 0.6 is 11.8 Å². The summed E-state index contributed by atoms with van der Waals surface area (Å²) in [7, 11) is 2.18. The van der Waals surface area contributed by atoms with Crippen molar-refractivity contribution in [2.45, 2.75) is 24.8 Å². The van der Waals surface area contributed by atoms with Gasteiger partial charge in [0.05, 0.1) is 5.69 Å². The maximum Gasteiger partial charge on any atom is 0.190 e. The lowest BCUT2D eigenvalue weighted by Gasteiger charge is -2.33. The summed E-state index contributed by atoms with van der Waals surface area (Å²) in [5.41, 5.74) is 5.99. The molecule has 1 saturated heterocycles. The van der Waals surface area contributed by atoms with Crippen LogP contribution in [-0.2, 0) is 5.75 Å². The van der Waals surface area contributed by atoms with Gasteiger partial charge in [0, 0.05) is 43.6 Å². The lowest BCUT2D eigenvalue weighted by atomic mass is 10.1. The molecular formula is C24H28N4S. The molecule has 4 rings (SSSR count). The zero-order valence-electron chi connectivity index (χ0n) is 17.4. The van der Waals surface area contributed by atoms with Gasteiger partial charge in [-0.15, -0.1) is 0 Å². The van der Waals surface area contributed by atoms with Crippen molar-refractivity contribution < 1.29 is 0 Å². The van der Waals surface area contributed by atoms with Crippen LogP contribution in [0.25, 0.3) is 11.3 Å². The highest BCUT2D eigenvalue weighted by Crippen LogP contribution is 2.28. The Bertz CT molecular complexity index is 946. The smallest absolute Gasteiger partial charge is 0.190 e. The maximum absolute atomic E-state index is 4.92. The minimum Gasteiger partial charge on any atom is -0.354 e. The third kappa shape index (κ3) is 5.17. The quantitative estimate of drug-likeness (QED) is 0.450. The monoisotopic (exact) mass is 404 g/mol. The van der Waals surface area contributed by atoms with Crippen molar-refractivity contribution in [2.75, 3.05) is 38.1 Å². The van der Waals surface area contributed by atoms with Crippen molar-refractivity contribution in [3.63, 3.8) is 0 Å². The minimum atomic E-state index is 0.845. The zero-order valence-corrected chi connectivity index (χ0v) is 18.2. The summed E-state index contributed by atoms with van der Waals surface area (Å²) < 4.78 is 0. The Hall–Kier alpha value is -2.37. The fourth-order valence-corrected chi connectivity index (χ4v) is 4.19. The number of piperazine rings is 1. The van der Waals surface area contributed by atoms with Crippen LogP contribution in [0.2, 0.25) is 0 Å². The summed E-state index contributed by atoms with van der Waals surface area (Å²) >= 11 is 1.71. The molecule has 29 heavy (non-hydrogen) atoms. The molecule has 0 unspecified atom stereocenters. The summed E-state index contributed by atoms with van der Waals surface area (Å²) in [5.74, 6) is 1.91. The van der Waals surface area contributed by atoms with Crippen LogP contribution in [0.4, 0.5) is 5.82 Å². The zero-order chi connectivity index (χ0) is 20.2. The van der Waals surface area contributed by atoms with Gasteiger partial charge in [-0.25, -0.2) is 9.97 Å². The van der Waals surface area contributed by atoms with E-state index in [0.717, 1.165) is 54.2 Å². The van der Waals surface area contributed by atoms with Gasteiger partial charge in [-0.1, -0.05) is 71.4 Å². The molecule has 0 amide bonds. The van der Waals surface area contributed by atoms with E-state index in [-0.39, 0.29) is 0 Å². The predicted octanol–water partition coefficient (Wildman–Crippen LogP) is 4.80. The van der Waals surface area contributed by atoms with E-state index in [1.165, 1.54) is 16.7 Å². The summed E-state index contributed by atoms with van der Waals surface area (Å²) in [6.07, 6.45) is 0. The number of aromatic nitrogens is 2. The van der Waals surface area contributed by atoms with Gasteiger partial charge >= 0.3 is 0 Å². The highest BCUT2D eigenvalue weighted by Gasteiger charge is 2.18. The van der Waals surface area contributed by atoms with Crippen LogP contribution in [0.5, 0.6) is 0 Å². The van der Waals surface area contributed by atoms with Crippen LogP contribution in [0.15, 0.2) is 59.8 Å². The predicted molar refractivity (Wildman–Crippen MR) is 123 cm³/mol. The Kier molecular flexibility index (Phi) is 6.16. The van der Waals surface area contributed by atoms with Crippen molar-refractivity contribution in [1.29, 1.82) is 0 Å². The number of likely N-dealkylation sites (N-methyl/N-ethyl adjacent to an activating group) is 1. The Morgan fingerprint density at radius 1 is 0.828 bits per heavy atom. The molecule has 4 nitrogen and oxygen atoms in total. The van der Waals surface area contributed by atoms with Gasteiger partial charge in [-0.3, -0.25) is 0 Å². The lowest BCUT2D eigenvalue weighted by molar-refractivity contribution is 0.312. The first kappa shape index (κ1) is 19.9. The normalized spacial score (nSPS) is 14.9. The summed E-state index contributed by atoms with van der Waals surface area (Å²) in [4.78, 5) is 14.6. The molecule has 2 aromatic carbocycles.